The molecule has 0 aliphatic carbocycles. The van der Waals surface area contributed by atoms with Gasteiger partial charge in [-0.05, 0) is 51.4 Å². The Morgan fingerprint density at radius 2 is 0.710 bits per heavy atom. The molecule has 2 aliphatic rings. The lowest BCUT2D eigenvalue weighted by molar-refractivity contribution is -0.359. The van der Waals surface area contributed by atoms with Crippen molar-refractivity contribution in [3.05, 3.63) is 36.5 Å². The number of nitrogens with one attached hydrogen (secondary N) is 1. The molecule has 2 rings (SSSR count). The average Bonchev–Trinajstić information content (AvgIpc) is 0.854. The summed E-state index contributed by atoms with van der Waals surface area (Å²) in [5.74, 6) is -0.203. The van der Waals surface area contributed by atoms with Crippen molar-refractivity contribution >= 4 is 5.91 Å². The number of rotatable bonds is 67. The van der Waals surface area contributed by atoms with Crippen LogP contribution in [0.3, 0.4) is 0 Å². The molecule has 2 saturated heterocycles. The van der Waals surface area contributed by atoms with E-state index >= 15 is 0 Å². The lowest BCUT2D eigenvalue weighted by atomic mass is 9.97. The Bertz CT molecular complexity index is 1700. The summed E-state index contributed by atoms with van der Waals surface area (Å²) >= 11 is 0. The van der Waals surface area contributed by atoms with Gasteiger partial charge in [-0.3, -0.25) is 4.79 Å². The summed E-state index contributed by atoms with van der Waals surface area (Å²) in [6.45, 7) is 2.91. The van der Waals surface area contributed by atoms with Crippen LogP contribution in [0.4, 0.5) is 0 Å². The molecule has 14 heteroatoms. The number of unbranched alkanes of at least 4 members (excludes halogenated alkanes) is 48. The number of aliphatic hydroxyl groups excluding tert-OH is 8. The Labute approximate surface area is 570 Å². The molecule has 1 amide bonds. The first-order chi connectivity index (χ1) is 45.6. The van der Waals surface area contributed by atoms with Crippen LogP contribution >= 0.6 is 0 Å². The molecule has 93 heavy (non-hydrogen) atoms. The van der Waals surface area contributed by atoms with E-state index in [9.17, 15) is 45.6 Å². The van der Waals surface area contributed by atoms with Gasteiger partial charge in [0.15, 0.2) is 12.6 Å². The van der Waals surface area contributed by atoms with Crippen molar-refractivity contribution in [3.63, 3.8) is 0 Å². The van der Waals surface area contributed by atoms with Gasteiger partial charge in [-0.1, -0.05) is 346 Å². The maximum atomic E-state index is 13.4. The van der Waals surface area contributed by atoms with E-state index in [4.69, 9.17) is 18.9 Å². The van der Waals surface area contributed by atoms with Crippen molar-refractivity contribution in [2.24, 2.45) is 0 Å². The second-order valence-corrected chi connectivity index (χ2v) is 28.2. The third-order valence-corrected chi connectivity index (χ3v) is 19.6. The first kappa shape index (κ1) is 87.3. The number of hydrogen-bond acceptors (Lipinski definition) is 13. The number of hydrogen-bond donors (Lipinski definition) is 9. The highest BCUT2D eigenvalue weighted by Gasteiger charge is 2.51. The first-order valence-electron chi connectivity index (χ1n) is 39.7. The highest BCUT2D eigenvalue weighted by molar-refractivity contribution is 5.76. The summed E-state index contributed by atoms with van der Waals surface area (Å²) < 4.78 is 23.0. The van der Waals surface area contributed by atoms with Gasteiger partial charge in [0.2, 0.25) is 5.91 Å². The number of aliphatic hydroxyl groups is 8. The lowest BCUT2D eigenvalue weighted by Crippen LogP contribution is -2.65. The number of allylic oxidation sites excluding steroid dienone is 6. The molecule has 9 N–H and O–H groups in total. The molecule has 2 fully saturated rings. The molecule has 0 spiro atoms. The molecule has 12 unspecified atom stereocenters. The second kappa shape index (κ2) is 63.6. The molecule has 0 aromatic heterocycles. The zero-order valence-corrected chi connectivity index (χ0v) is 60.0. The minimum absolute atomic E-state index is 0.203. The first-order valence-corrected chi connectivity index (χ1v) is 39.7. The Hall–Kier alpha value is -1.79. The molecular weight excluding hydrogens is 1170 g/mol. The van der Waals surface area contributed by atoms with E-state index in [0.717, 1.165) is 64.2 Å². The smallest absolute Gasteiger partial charge is 0.220 e. The number of amides is 1. The number of ether oxygens (including phenoxy) is 4. The molecule has 12 atom stereocenters. The molecule has 0 aromatic carbocycles. The average molecular weight is 1320 g/mol. The van der Waals surface area contributed by atoms with E-state index in [1.807, 2.05) is 0 Å². The standard InChI is InChI=1S/C79H149NO13/c1-3-5-7-9-11-13-15-17-19-21-23-25-27-29-31-32-33-34-35-37-38-40-42-44-46-48-50-52-54-56-58-60-62-68(83)67(66-90-78-76(89)74(87)77(70(65-82)92-78)93-79-75(88)73(86)72(85)69(64-81)91-79)80-71(84)63-61-59-57-55-53-51-49-47-45-43-41-39-36-30-28-26-24-22-20-18-16-14-12-10-8-6-4-2/h16,18,22,24,28,30,67-70,72-79,81-83,85-89H,3-15,17,19-21,23,25-27,29,31-66H2,1-2H3,(H,80,84)/b18-16-,24-22-,30-28-. The number of carbonyl (C=O) groups excluding carboxylic acids is 1. The Balaban J connectivity index is 1.61. The van der Waals surface area contributed by atoms with Gasteiger partial charge in [-0.2, -0.15) is 0 Å². The van der Waals surface area contributed by atoms with Crippen LogP contribution in [-0.2, 0) is 23.7 Å². The summed E-state index contributed by atoms with van der Waals surface area (Å²) in [7, 11) is 0. The predicted molar refractivity (Wildman–Crippen MR) is 383 cm³/mol. The van der Waals surface area contributed by atoms with Gasteiger partial charge in [0.1, 0.15) is 48.8 Å². The van der Waals surface area contributed by atoms with E-state index in [2.05, 4.69) is 55.6 Å². The SMILES string of the molecule is CCCCCCC/C=C\C/C=C\C/C=C\CCCCCCCCCCCCCCC(=O)NC(COC1OC(CO)C(OC2OC(CO)C(O)C(O)C2O)C(O)C1O)C(O)CCCCCCCCCCCCCCCCCCCCCCCCCCCCCCCCCC. The predicted octanol–water partition coefficient (Wildman–Crippen LogP) is 17.6. The summed E-state index contributed by atoms with van der Waals surface area (Å²) in [5, 5.41) is 87.8. The molecule has 14 nitrogen and oxygen atoms in total. The highest BCUT2D eigenvalue weighted by Crippen LogP contribution is 2.30. The topological polar surface area (TPSA) is 228 Å². The lowest BCUT2D eigenvalue weighted by Gasteiger charge is -2.46. The Morgan fingerprint density at radius 3 is 1.09 bits per heavy atom. The third kappa shape index (κ3) is 47.0. The Morgan fingerprint density at radius 1 is 0.387 bits per heavy atom. The van der Waals surface area contributed by atoms with Gasteiger partial charge in [-0.15, -0.1) is 0 Å². The minimum atomic E-state index is -1.78. The third-order valence-electron chi connectivity index (χ3n) is 19.6. The minimum Gasteiger partial charge on any atom is -0.394 e. The van der Waals surface area contributed by atoms with Gasteiger partial charge in [0.25, 0.3) is 0 Å². The fraction of sp³-hybridized carbons (Fsp3) is 0.911. The molecule has 0 radical (unpaired) electrons. The maximum absolute atomic E-state index is 13.4. The molecular formula is C79H149NO13. The van der Waals surface area contributed by atoms with Crippen LogP contribution in [0, 0.1) is 0 Å². The quantitative estimate of drug-likeness (QED) is 0.0204. The fourth-order valence-electron chi connectivity index (χ4n) is 13.3. The van der Waals surface area contributed by atoms with E-state index in [0.29, 0.717) is 12.8 Å². The van der Waals surface area contributed by atoms with Crippen LogP contribution in [0.1, 0.15) is 367 Å². The van der Waals surface area contributed by atoms with Crippen molar-refractivity contribution in [3.8, 4) is 0 Å². The molecule has 2 aliphatic heterocycles. The van der Waals surface area contributed by atoms with Crippen LogP contribution in [0.2, 0.25) is 0 Å². The van der Waals surface area contributed by atoms with Crippen LogP contribution in [0.5, 0.6) is 0 Å². The van der Waals surface area contributed by atoms with Crippen LogP contribution in [0.15, 0.2) is 36.5 Å². The van der Waals surface area contributed by atoms with Gasteiger partial charge in [-0.25, -0.2) is 0 Å². The van der Waals surface area contributed by atoms with Crippen molar-refractivity contribution in [2.45, 2.75) is 441 Å². The van der Waals surface area contributed by atoms with E-state index < -0.39 is 86.8 Å². The van der Waals surface area contributed by atoms with Gasteiger partial charge < -0.3 is 65.1 Å². The zero-order chi connectivity index (χ0) is 67.3. The van der Waals surface area contributed by atoms with Crippen molar-refractivity contribution in [1.82, 2.24) is 5.32 Å². The largest absolute Gasteiger partial charge is 0.394 e. The summed E-state index contributed by atoms with van der Waals surface area (Å²) in [4.78, 5) is 13.4. The van der Waals surface area contributed by atoms with E-state index in [1.54, 1.807) is 0 Å². The zero-order valence-electron chi connectivity index (χ0n) is 60.0. The van der Waals surface area contributed by atoms with E-state index in [-0.39, 0.29) is 12.5 Å². The Kier molecular flexibility index (Phi) is 59.7. The summed E-state index contributed by atoms with van der Waals surface area (Å²) in [6.07, 6.45) is 66.1. The maximum Gasteiger partial charge on any atom is 0.220 e. The van der Waals surface area contributed by atoms with E-state index in [1.165, 1.54) is 276 Å². The molecule has 2 heterocycles. The van der Waals surface area contributed by atoms with Gasteiger partial charge in [0.05, 0.1) is 32.0 Å². The van der Waals surface area contributed by atoms with Crippen LogP contribution in [-0.4, -0.2) is 140 Å². The molecule has 0 saturated carbocycles. The van der Waals surface area contributed by atoms with Crippen LogP contribution in [0.25, 0.3) is 0 Å². The fourth-order valence-corrected chi connectivity index (χ4v) is 13.3. The van der Waals surface area contributed by atoms with Crippen molar-refractivity contribution in [1.29, 1.82) is 0 Å². The van der Waals surface area contributed by atoms with Gasteiger partial charge >= 0.3 is 0 Å². The monoisotopic (exact) mass is 1320 g/mol. The summed E-state index contributed by atoms with van der Waals surface area (Å²) in [6, 6.07) is -0.832. The number of carbonyl (C=O) groups is 1. The normalized spacial score (nSPS) is 22.7. The highest BCUT2D eigenvalue weighted by atomic mass is 16.7. The second-order valence-electron chi connectivity index (χ2n) is 28.2. The van der Waals surface area contributed by atoms with Gasteiger partial charge in [0, 0.05) is 6.42 Å². The van der Waals surface area contributed by atoms with Crippen molar-refractivity contribution in [2.75, 3.05) is 19.8 Å². The summed E-state index contributed by atoms with van der Waals surface area (Å²) in [5.41, 5.74) is 0. The molecule has 0 aromatic rings. The molecule has 548 valence electrons. The molecule has 0 bridgehead atoms. The van der Waals surface area contributed by atoms with Crippen molar-refractivity contribution < 1.29 is 64.6 Å². The van der Waals surface area contributed by atoms with Crippen LogP contribution < -0.4 is 5.32 Å².